The summed E-state index contributed by atoms with van der Waals surface area (Å²) >= 11 is 6.16. The second kappa shape index (κ2) is 8.02. The van der Waals surface area contributed by atoms with Crippen LogP contribution in [0.1, 0.15) is 49.7 Å². The first-order valence-corrected chi connectivity index (χ1v) is 7.44. The molecule has 1 heterocycles. The minimum Gasteiger partial charge on any atom is -0.452 e. The van der Waals surface area contributed by atoms with E-state index < -0.39 is 5.97 Å². The first-order valence-electron chi connectivity index (χ1n) is 7.06. The molecule has 118 valence electrons. The van der Waals surface area contributed by atoms with Gasteiger partial charge in [-0.15, -0.1) is 0 Å². The minimum absolute atomic E-state index is 0.00156. The molecule has 21 heavy (non-hydrogen) atoms. The first kappa shape index (κ1) is 17.5. The predicted octanol–water partition coefficient (Wildman–Crippen LogP) is 2.33. The zero-order valence-electron chi connectivity index (χ0n) is 12.9. The molecule has 0 aromatic carbocycles. The third-order valence-corrected chi connectivity index (χ3v) is 3.16. The summed E-state index contributed by atoms with van der Waals surface area (Å²) in [6, 6.07) is -0.00156. The summed E-state index contributed by atoms with van der Waals surface area (Å²) in [5.41, 5.74) is 0.732. The SMILES string of the molecule is CCCCn1nc(C)c(C(=O)OCC(=O)NC(C)C)c1Cl. The highest BCUT2D eigenvalue weighted by Crippen LogP contribution is 2.21. The average molecular weight is 316 g/mol. The molecule has 6 nitrogen and oxygen atoms in total. The quantitative estimate of drug-likeness (QED) is 0.784. The number of rotatable bonds is 7. The van der Waals surface area contributed by atoms with E-state index in [1.165, 1.54) is 0 Å². The van der Waals surface area contributed by atoms with Gasteiger partial charge in [-0.25, -0.2) is 4.79 Å². The third-order valence-electron chi connectivity index (χ3n) is 2.78. The Morgan fingerprint density at radius 3 is 2.67 bits per heavy atom. The molecule has 0 atom stereocenters. The summed E-state index contributed by atoms with van der Waals surface area (Å²) in [5, 5.41) is 7.13. The molecule has 0 radical (unpaired) electrons. The van der Waals surface area contributed by atoms with Crippen molar-refractivity contribution in [3.8, 4) is 0 Å². The summed E-state index contributed by atoms with van der Waals surface area (Å²) in [6.07, 6.45) is 1.93. The van der Waals surface area contributed by atoms with E-state index in [4.69, 9.17) is 16.3 Å². The number of carbonyl (C=O) groups excluding carboxylic acids is 2. The van der Waals surface area contributed by atoms with Crippen LogP contribution in [-0.2, 0) is 16.1 Å². The van der Waals surface area contributed by atoms with Gasteiger partial charge in [-0.3, -0.25) is 9.48 Å². The summed E-state index contributed by atoms with van der Waals surface area (Å²) in [5.74, 6) is -0.968. The van der Waals surface area contributed by atoms with Crippen LogP contribution in [0.5, 0.6) is 0 Å². The van der Waals surface area contributed by atoms with Crippen LogP contribution in [0, 0.1) is 6.92 Å². The summed E-state index contributed by atoms with van der Waals surface area (Å²) in [7, 11) is 0. The van der Waals surface area contributed by atoms with Gasteiger partial charge in [0.25, 0.3) is 5.91 Å². The topological polar surface area (TPSA) is 73.2 Å². The lowest BCUT2D eigenvalue weighted by atomic mass is 10.3. The van der Waals surface area contributed by atoms with Crippen LogP contribution in [0.3, 0.4) is 0 Å². The number of nitrogens with zero attached hydrogens (tertiary/aromatic N) is 2. The molecule has 0 saturated heterocycles. The molecule has 0 aliphatic carbocycles. The molecular formula is C14H22ClN3O3. The number of ether oxygens (including phenoxy) is 1. The van der Waals surface area contributed by atoms with Crippen LogP contribution in [0.2, 0.25) is 5.15 Å². The van der Waals surface area contributed by atoms with E-state index >= 15 is 0 Å². The number of carbonyl (C=O) groups is 2. The maximum atomic E-state index is 12.0. The Labute approximate surface area is 129 Å². The Kier molecular flexibility index (Phi) is 6.68. The highest BCUT2D eigenvalue weighted by molar-refractivity contribution is 6.32. The molecule has 0 unspecified atom stereocenters. The van der Waals surface area contributed by atoms with Gasteiger partial charge in [0.05, 0.1) is 5.69 Å². The monoisotopic (exact) mass is 315 g/mol. The van der Waals surface area contributed by atoms with Crippen LogP contribution in [-0.4, -0.2) is 34.3 Å². The molecule has 1 amide bonds. The van der Waals surface area contributed by atoms with E-state index in [9.17, 15) is 9.59 Å². The van der Waals surface area contributed by atoms with Gasteiger partial charge in [0.2, 0.25) is 0 Å². The van der Waals surface area contributed by atoms with E-state index in [-0.39, 0.29) is 29.3 Å². The van der Waals surface area contributed by atoms with Crippen molar-refractivity contribution in [2.75, 3.05) is 6.61 Å². The molecule has 0 bridgehead atoms. The standard InChI is InChI=1S/C14H22ClN3O3/c1-5-6-7-18-13(15)12(10(4)17-18)14(20)21-8-11(19)16-9(2)3/h9H,5-8H2,1-4H3,(H,16,19). The second-order valence-corrected chi connectivity index (χ2v) is 5.48. The van der Waals surface area contributed by atoms with Crippen LogP contribution in [0.25, 0.3) is 0 Å². The number of unbranched alkanes of at least 4 members (excludes halogenated alkanes) is 1. The molecular weight excluding hydrogens is 294 g/mol. The molecule has 1 aromatic heterocycles. The number of hydrogen-bond donors (Lipinski definition) is 1. The van der Waals surface area contributed by atoms with Crippen LogP contribution < -0.4 is 5.32 Å². The molecule has 0 saturated carbocycles. The Morgan fingerprint density at radius 2 is 2.10 bits per heavy atom. The number of amides is 1. The summed E-state index contributed by atoms with van der Waals surface area (Å²) < 4.78 is 6.57. The van der Waals surface area contributed by atoms with Crippen molar-refractivity contribution in [1.82, 2.24) is 15.1 Å². The number of esters is 1. The third kappa shape index (κ3) is 5.04. The number of hydrogen-bond acceptors (Lipinski definition) is 4. The molecule has 7 heteroatoms. The van der Waals surface area contributed by atoms with Crippen molar-refractivity contribution in [2.24, 2.45) is 0 Å². The fourth-order valence-electron chi connectivity index (χ4n) is 1.81. The molecule has 1 rings (SSSR count). The lowest BCUT2D eigenvalue weighted by Gasteiger charge is -2.08. The Hall–Kier alpha value is -1.56. The highest BCUT2D eigenvalue weighted by atomic mass is 35.5. The highest BCUT2D eigenvalue weighted by Gasteiger charge is 2.22. The van der Waals surface area contributed by atoms with Gasteiger partial charge in [-0.2, -0.15) is 5.10 Å². The van der Waals surface area contributed by atoms with Crippen LogP contribution in [0.4, 0.5) is 0 Å². The van der Waals surface area contributed by atoms with E-state index in [1.807, 2.05) is 13.8 Å². The Balaban J connectivity index is 2.70. The van der Waals surface area contributed by atoms with Crippen molar-refractivity contribution in [1.29, 1.82) is 0 Å². The van der Waals surface area contributed by atoms with Gasteiger partial charge < -0.3 is 10.1 Å². The van der Waals surface area contributed by atoms with Crippen molar-refractivity contribution < 1.29 is 14.3 Å². The van der Waals surface area contributed by atoms with Crippen molar-refractivity contribution in [2.45, 2.75) is 53.1 Å². The lowest BCUT2D eigenvalue weighted by molar-refractivity contribution is -0.124. The summed E-state index contributed by atoms with van der Waals surface area (Å²) in [6.45, 7) is 7.74. The normalized spacial score (nSPS) is 10.8. The molecule has 0 spiro atoms. The van der Waals surface area contributed by atoms with Gasteiger partial charge in [0, 0.05) is 12.6 Å². The number of aryl methyl sites for hydroxylation is 2. The van der Waals surface area contributed by atoms with Gasteiger partial charge in [-0.1, -0.05) is 24.9 Å². The van der Waals surface area contributed by atoms with E-state index in [0.29, 0.717) is 12.2 Å². The smallest absolute Gasteiger partial charge is 0.343 e. The number of halogens is 1. The fourth-order valence-corrected chi connectivity index (χ4v) is 2.14. The zero-order valence-corrected chi connectivity index (χ0v) is 13.7. The maximum absolute atomic E-state index is 12.0. The predicted molar refractivity (Wildman–Crippen MR) is 80.4 cm³/mol. The Morgan fingerprint density at radius 1 is 1.43 bits per heavy atom. The van der Waals surface area contributed by atoms with Gasteiger partial charge >= 0.3 is 5.97 Å². The van der Waals surface area contributed by atoms with Gasteiger partial charge in [0.1, 0.15) is 10.7 Å². The van der Waals surface area contributed by atoms with Gasteiger partial charge in [0.15, 0.2) is 6.61 Å². The first-order chi connectivity index (χ1) is 9.86. The minimum atomic E-state index is -0.626. The second-order valence-electron chi connectivity index (χ2n) is 5.13. The molecule has 0 aliphatic rings. The van der Waals surface area contributed by atoms with E-state index in [1.54, 1.807) is 11.6 Å². The fraction of sp³-hybridized carbons (Fsp3) is 0.643. The zero-order chi connectivity index (χ0) is 16.0. The average Bonchev–Trinajstić information content (AvgIpc) is 2.67. The van der Waals surface area contributed by atoms with Gasteiger partial charge in [-0.05, 0) is 27.2 Å². The molecule has 1 N–H and O–H groups in total. The largest absolute Gasteiger partial charge is 0.452 e. The van der Waals surface area contributed by atoms with Crippen molar-refractivity contribution >= 4 is 23.5 Å². The summed E-state index contributed by atoms with van der Waals surface area (Å²) in [4.78, 5) is 23.5. The van der Waals surface area contributed by atoms with E-state index in [2.05, 4.69) is 17.3 Å². The number of aromatic nitrogens is 2. The van der Waals surface area contributed by atoms with Crippen LogP contribution in [0.15, 0.2) is 0 Å². The van der Waals surface area contributed by atoms with E-state index in [0.717, 1.165) is 12.8 Å². The van der Waals surface area contributed by atoms with Crippen molar-refractivity contribution in [3.63, 3.8) is 0 Å². The number of nitrogens with one attached hydrogen (secondary N) is 1. The molecule has 0 fully saturated rings. The maximum Gasteiger partial charge on any atom is 0.343 e. The van der Waals surface area contributed by atoms with Crippen molar-refractivity contribution in [3.05, 3.63) is 16.4 Å². The molecule has 0 aliphatic heterocycles. The van der Waals surface area contributed by atoms with Crippen LogP contribution >= 0.6 is 11.6 Å². The lowest BCUT2D eigenvalue weighted by Crippen LogP contribution is -2.34. The molecule has 1 aromatic rings. The Bertz CT molecular complexity index is 512.